The Morgan fingerprint density at radius 2 is 1.68 bits per heavy atom. The molecule has 2 aromatic rings. The number of carbonyl (C=O) groups excluding carboxylic acids is 1. The molecule has 1 aliphatic heterocycles. The van der Waals surface area contributed by atoms with Crippen LogP contribution in [0.2, 0.25) is 0 Å². The summed E-state index contributed by atoms with van der Waals surface area (Å²) in [5, 5.41) is 5.55. The summed E-state index contributed by atoms with van der Waals surface area (Å²) in [5.41, 5.74) is 1.40. The van der Waals surface area contributed by atoms with Gasteiger partial charge in [-0.3, -0.25) is 4.90 Å². The molecule has 1 heterocycles. The zero-order chi connectivity index (χ0) is 24.1. The number of rotatable bonds is 6. The minimum absolute atomic E-state index is 0.0860. The summed E-state index contributed by atoms with van der Waals surface area (Å²) in [6.07, 6.45) is 4.01. The van der Waals surface area contributed by atoms with Crippen LogP contribution in [0.25, 0.3) is 0 Å². The maximum absolute atomic E-state index is 13.3. The van der Waals surface area contributed by atoms with E-state index in [0.29, 0.717) is 6.04 Å². The fourth-order valence-electron chi connectivity index (χ4n) is 4.91. The van der Waals surface area contributed by atoms with Crippen molar-refractivity contribution in [3.63, 3.8) is 0 Å². The summed E-state index contributed by atoms with van der Waals surface area (Å²) >= 11 is 0. The molecule has 2 fully saturated rings. The number of halogens is 2. The van der Waals surface area contributed by atoms with Crippen LogP contribution in [0.4, 0.5) is 25.0 Å². The second-order valence-corrected chi connectivity index (χ2v) is 9.39. The molecule has 6 nitrogen and oxygen atoms in total. The molecule has 0 aromatic heterocycles. The Morgan fingerprint density at radius 1 is 0.971 bits per heavy atom. The minimum atomic E-state index is -0.977. The van der Waals surface area contributed by atoms with Gasteiger partial charge in [0.1, 0.15) is 5.75 Å². The highest BCUT2D eigenvalue weighted by molar-refractivity contribution is 5.89. The van der Waals surface area contributed by atoms with Gasteiger partial charge in [-0.05, 0) is 63.8 Å². The van der Waals surface area contributed by atoms with Crippen LogP contribution in [-0.4, -0.2) is 55.3 Å². The number of benzene rings is 2. The van der Waals surface area contributed by atoms with Gasteiger partial charge in [0.15, 0.2) is 11.6 Å². The molecule has 0 radical (unpaired) electrons. The highest BCUT2D eigenvalue weighted by atomic mass is 19.2. The molecule has 0 bridgehead atoms. The van der Waals surface area contributed by atoms with Crippen molar-refractivity contribution in [3.05, 3.63) is 54.1 Å². The van der Waals surface area contributed by atoms with E-state index in [9.17, 15) is 13.6 Å². The molecule has 4 rings (SSSR count). The third-order valence-corrected chi connectivity index (χ3v) is 6.61. The van der Waals surface area contributed by atoms with E-state index >= 15 is 0 Å². The number of urea groups is 1. The molecule has 2 amide bonds. The maximum Gasteiger partial charge on any atom is 0.319 e. The number of para-hydroxylation sites is 2. The quantitative estimate of drug-likeness (QED) is 0.621. The Hall–Kier alpha value is -2.87. The SMILES string of the molecule is CC(C)Oc1ccccc1N1CCN([C@H]2CC[C@@H](NC(=O)Nc3ccc(F)c(F)c3)CC2)CC1. The van der Waals surface area contributed by atoms with Gasteiger partial charge in [-0.25, -0.2) is 13.6 Å². The Bertz CT molecular complexity index is 971. The van der Waals surface area contributed by atoms with Gasteiger partial charge in [0, 0.05) is 50.0 Å². The minimum Gasteiger partial charge on any atom is -0.489 e. The van der Waals surface area contributed by atoms with E-state index in [2.05, 4.69) is 32.6 Å². The molecule has 184 valence electrons. The van der Waals surface area contributed by atoms with Gasteiger partial charge in [0.05, 0.1) is 11.8 Å². The van der Waals surface area contributed by atoms with Crippen molar-refractivity contribution >= 4 is 17.4 Å². The molecule has 1 aliphatic carbocycles. The molecule has 2 aromatic carbocycles. The smallest absolute Gasteiger partial charge is 0.319 e. The number of amides is 2. The van der Waals surface area contributed by atoms with Crippen molar-refractivity contribution in [1.29, 1.82) is 0 Å². The number of nitrogens with one attached hydrogen (secondary N) is 2. The summed E-state index contributed by atoms with van der Waals surface area (Å²) in [4.78, 5) is 17.2. The normalized spacial score (nSPS) is 21.4. The van der Waals surface area contributed by atoms with Gasteiger partial charge in [-0.15, -0.1) is 0 Å². The van der Waals surface area contributed by atoms with E-state index in [4.69, 9.17) is 4.74 Å². The van der Waals surface area contributed by atoms with Crippen molar-refractivity contribution in [3.8, 4) is 5.75 Å². The number of hydrogen-bond acceptors (Lipinski definition) is 4. The predicted octanol–water partition coefficient (Wildman–Crippen LogP) is 5.01. The number of anilines is 2. The average molecular weight is 473 g/mol. The highest BCUT2D eigenvalue weighted by Crippen LogP contribution is 2.31. The first-order chi connectivity index (χ1) is 16.4. The van der Waals surface area contributed by atoms with Crippen LogP contribution >= 0.6 is 0 Å². The molecular formula is C26H34F2N4O2. The summed E-state index contributed by atoms with van der Waals surface area (Å²) in [6, 6.07) is 11.8. The van der Waals surface area contributed by atoms with Crippen LogP contribution in [-0.2, 0) is 0 Å². The topological polar surface area (TPSA) is 56.8 Å². The van der Waals surface area contributed by atoms with Gasteiger partial charge in [0.25, 0.3) is 0 Å². The summed E-state index contributed by atoms with van der Waals surface area (Å²) in [5.74, 6) is -0.966. The van der Waals surface area contributed by atoms with Gasteiger partial charge in [-0.1, -0.05) is 12.1 Å². The first kappa shape index (κ1) is 24.3. The Labute approximate surface area is 200 Å². The number of nitrogens with zero attached hydrogens (tertiary/aromatic N) is 2. The first-order valence-corrected chi connectivity index (χ1v) is 12.2. The molecule has 0 spiro atoms. The third kappa shape index (κ3) is 6.17. The second kappa shape index (κ2) is 11.0. The Morgan fingerprint density at radius 3 is 2.35 bits per heavy atom. The van der Waals surface area contributed by atoms with Crippen LogP contribution in [0.5, 0.6) is 5.75 Å². The molecule has 2 aliphatic rings. The van der Waals surface area contributed by atoms with Crippen molar-refractivity contribution in [2.45, 2.75) is 57.7 Å². The predicted molar refractivity (Wildman–Crippen MR) is 131 cm³/mol. The number of ether oxygens (including phenoxy) is 1. The molecule has 34 heavy (non-hydrogen) atoms. The van der Waals surface area contributed by atoms with Gasteiger partial charge in [-0.2, -0.15) is 0 Å². The summed E-state index contributed by atoms with van der Waals surface area (Å²) in [7, 11) is 0. The lowest BCUT2D eigenvalue weighted by atomic mass is 9.90. The lowest BCUT2D eigenvalue weighted by Gasteiger charge is -2.43. The van der Waals surface area contributed by atoms with Crippen LogP contribution < -0.4 is 20.3 Å². The number of hydrogen-bond donors (Lipinski definition) is 2. The monoisotopic (exact) mass is 472 g/mol. The first-order valence-electron chi connectivity index (χ1n) is 12.2. The van der Waals surface area contributed by atoms with Crippen LogP contribution in [0.15, 0.2) is 42.5 Å². The third-order valence-electron chi connectivity index (χ3n) is 6.61. The van der Waals surface area contributed by atoms with E-state index < -0.39 is 11.6 Å². The lowest BCUT2D eigenvalue weighted by Crippen LogP contribution is -2.52. The van der Waals surface area contributed by atoms with E-state index in [-0.39, 0.29) is 23.9 Å². The fourth-order valence-corrected chi connectivity index (χ4v) is 4.91. The van der Waals surface area contributed by atoms with Crippen LogP contribution in [0, 0.1) is 11.6 Å². The summed E-state index contributed by atoms with van der Waals surface area (Å²) in [6.45, 7) is 8.05. The second-order valence-electron chi connectivity index (χ2n) is 9.39. The van der Waals surface area contributed by atoms with Crippen molar-refractivity contribution in [2.75, 3.05) is 36.4 Å². The van der Waals surface area contributed by atoms with Gasteiger partial charge >= 0.3 is 6.03 Å². The van der Waals surface area contributed by atoms with Gasteiger partial charge in [0.2, 0.25) is 0 Å². The lowest BCUT2D eigenvalue weighted by molar-refractivity contribution is 0.137. The van der Waals surface area contributed by atoms with E-state index in [1.54, 1.807) is 0 Å². The fraction of sp³-hybridized carbons (Fsp3) is 0.500. The number of piperazine rings is 1. The molecular weight excluding hydrogens is 438 g/mol. The zero-order valence-electron chi connectivity index (χ0n) is 19.9. The van der Waals surface area contributed by atoms with Crippen LogP contribution in [0.1, 0.15) is 39.5 Å². The van der Waals surface area contributed by atoms with Crippen molar-refractivity contribution in [1.82, 2.24) is 10.2 Å². The standard InChI is InChI=1S/C26H34F2N4O2/c1-18(2)34-25-6-4-3-5-24(25)32-15-13-31(14-16-32)21-10-7-19(8-11-21)29-26(33)30-20-9-12-22(27)23(28)17-20/h3-6,9,12,17-19,21H,7-8,10-11,13-16H2,1-2H3,(H2,29,30,33)/t19-,21+. The molecule has 2 N–H and O–H groups in total. The molecule has 0 unspecified atom stereocenters. The number of carbonyl (C=O) groups is 1. The molecule has 0 atom stereocenters. The van der Waals surface area contributed by atoms with Crippen molar-refractivity contribution < 1.29 is 18.3 Å². The van der Waals surface area contributed by atoms with E-state index in [0.717, 1.165) is 75.4 Å². The van der Waals surface area contributed by atoms with E-state index in [1.807, 2.05) is 26.0 Å². The Balaban J connectivity index is 1.22. The van der Waals surface area contributed by atoms with Gasteiger partial charge < -0.3 is 20.3 Å². The van der Waals surface area contributed by atoms with E-state index in [1.165, 1.54) is 6.07 Å². The van der Waals surface area contributed by atoms with Crippen LogP contribution in [0.3, 0.4) is 0 Å². The largest absolute Gasteiger partial charge is 0.489 e. The maximum atomic E-state index is 13.3. The Kier molecular flexibility index (Phi) is 7.88. The average Bonchev–Trinajstić information content (AvgIpc) is 2.82. The highest BCUT2D eigenvalue weighted by Gasteiger charge is 2.29. The molecule has 8 heteroatoms. The van der Waals surface area contributed by atoms with Crippen molar-refractivity contribution in [2.24, 2.45) is 0 Å². The zero-order valence-corrected chi connectivity index (χ0v) is 19.9. The summed E-state index contributed by atoms with van der Waals surface area (Å²) < 4.78 is 32.4. The molecule has 1 saturated heterocycles. The molecule has 1 saturated carbocycles.